The Balaban J connectivity index is 1.55. The lowest BCUT2D eigenvalue weighted by Crippen LogP contribution is -2.42. The Labute approximate surface area is 164 Å². The summed E-state index contributed by atoms with van der Waals surface area (Å²) in [6.07, 6.45) is 2.25. The molecular formula is C20H23N3O4S. The number of phenolic OH excluding ortho intramolecular Hbond substituents is 1. The summed E-state index contributed by atoms with van der Waals surface area (Å²) in [6, 6.07) is 13.4. The Bertz CT molecular complexity index is 963. The number of nitrogens with one attached hydrogen (secondary N) is 1. The first-order chi connectivity index (χ1) is 13.4. The standard InChI is InChI=1S/C20H23N3O4S/c1-15-6-8-18(9-7-15)28(26,27)23-12-10-16(11-13-23)20(25)22-21-14-17-4-2-3-5-19(17)24/h2-9,14,16,24H,10-13H2,1H3,(H,22,25)/b21-14+. The highest BCUT2D eigenvalue weighted by Gasteiger charge is 2.31. The van der Waals surface area contributed by atoms with E-state index in [0.717, 1.165) is 5.56 Å². The molecule has 0 spiro atoms. The van der Waals surface area contributed by atoms with Crippen LogP contribution in [0.15, 0.2) is 58.5 Å². The number of aryl methyl sites for hydroxylation is 1. The van der Waals surface area contributed by atoms with Crippen LogP contribution in [0.2, 0.25) is 0 Å². The van der Waals surface area contributed by atoms with E-state index in [1.54, 1.807) is 42.5 Å². The molecule has 2 aromatic carbocycles. The molecule has 8 heteroatoms. The van der Waals surface area contributed by atoms with Crippen molar-refractivity contribution in [2.75, 3.05) is 13.1 Å². The van der Waals surface area contributed by atoms with Crippen molar-refractivity contribution >= 4 is 22.1 Å². The molecule has 0 aromatic heterocycles. The van der Waals surface area contributed by atoms with Crippen LogP contribution < -0.4 is 5.43 Å². The van der Waals surface area contributed by atoms with Gasteiger partial charge in [0.1, 0.15) is 5.75 Å². The van der Waals surface area contributed by atoms with Gasteiger partial charge in [-0.05, 0) is 44.0 Å². The van der Waals surface area contributed by atoms with E-state index in [4.69, 9.17) is 0 Å². The number of carbonyl (C=O) groups is 1. The van der Waals surface area contributed by atoms with Crippen molar-refractivity contribution in [3.05, 3.63) is 59.7 Å². The molecule has 0 radical (unpaired) electrons. The second kappa shape index (κ2) is 8.53. The molecule has 2 aromatic rings. The minimum Gasteiger partial charge on any atom is -0.507 e. The van der Waals surface area contributed by atoms with E-state index in [9.17, 15) is 18.3 Å². The van der Waals surface area contributed by atoms with Crippen LogP contribution in [-0.4, -0.2) is 43.0 Å². The number of rotatable bonds is 5. The average Bonchev–Trinajstić information content (AvgIpc) is 2.70. The molecule has 0 bridgehead atoms. The smallest absolute Gasteiger partial charge is 0.243 e. The summed E-state index contributed by atoms with van der Waals surface area (Å²) in [5.74, 6) is -0.472. The number of carbonyl (C=O) groups excluding carboxylic acids is 1. The number of phenols is 1. The van der Waals surface area contributed by atoms with Crippen LogP contribution in [-0.2, 0) is 14.8 Å². The third-order valence-electron chi connectivity index (χ3n) is 4.80. The number of sulfonamides is 1. The largest absolute Gasteiger partial charge is 0.507 e. The number of nitrogens with zero attached hydrogens (tertiary/aromatic N) is 2. The van der Waals surface area contributed by atoms with Gasteiger partial charge < -0.3 is 5.11 Å². The summed E-state index contributed by atoms with van der Waals surface area (Å²) in [5, 5.41) is 13.6. The number of piperidine rings is 1. The number of hydrazone groups is 1. The van der Waals surface area contributed by atoms with Crippen LogP contribution in [0, 0.1) is 12.8 Å². The van der Waals surface area contributed by atoms with Crippen LogP contribution in [0.5, 0.6) is 5.75 Å². The SMILES string of the molecule is Cc1ccc(S(=O)(=O)N2CCC(C(=O)N/N=C/c3ccccc3O)CC2)cc1. The molecule has 0 unspecified atom stereocenters. The number of hydrogen-bond acceptors (Lipinski definition) is 5. The van der Waals surface area contributed by atoms with Gasteiger partial charge >= 0.3 is 0 Å². The molecular weight excluding hydrogens is 378 g/mol. The highest BCUT2D eigenvalue weighted by atomic mass is 32.2. The van der Waals surface area contributed by atoms with Gasteiger partial charge in [0.05, 0.1) is 11.1 Å². The van der Waals surface area contributed by atoms with Crippen LogP contribution in [0.1, 0.15) is 24.0 Å². The van der Waals surface area contributed by atoms with Crippen molar-refractivity contribution in [2.24, 2.45) is 11.0 Å². The predicted octanol–water partition coefficient (Wildman–Crippen LogP) is 2.25. The van der Waals surface area contributed by atoms with Crippen LogP contribution in [0.4, 0.5) is 0 Å². The molecule has 1 amide bonds. The molecule has 7 nitrogen and oxygen atoms in total. The van der Waals surface area contributed by atoms with Gasteiger partial charge in [0.15, 0.2) is 0 Å². The average molecular weight is 401 g/mol. The summed E-state index contributed by atoms with van der Waals surface area (Å²) >= 11 is 0. The Kier molecular flexibility index (Phi) is 6.11. The molecule has 3 rings (SSSR count). The van der Waals surface area contributed by atoms with E-state index >= 15 is 0 Å². The first kappa shape index (κ1) is 20.0. The maximum absolute atomic E-state index is 12.7. The van der Waals surface area contributed by atoms with Gasteiger partial charge in [-0.25, -0.2) is 13.8 Å². The van der Waals surface area contributed by atoms with E-state index in [1.165, 1.54) is 16.6 Å². The summed E-state index contributed by atoms with van der Waals surface area (Å²) in [5.41, 5.74) is 3.97. The summed E-state index contributed by atoms with van der Waals surface area (Å²) in [6.45, 7) is 2.48. The molecule has 28 heavy (non-hydrogen) atoms. The lowest BCUT2D eigenvalue weighted by atomic mass is 9.98. The van der Waals surface area contributed by atoms with Gasteiger partial charge in [-0.1, -0.05) is 29.8 Å². The topological polar surface area (TPSA) is 99.1 Å². The normalized spacial score (nSPS) is 16.3. The zero-order valence-corrected chi connectivity index (χ0v) is 16.4. The number of para-hydroxylation sites is 1. The maximum atomic E-state index is 12.7. The van der Waals surface area contributed by atoms with Crippen LogP contribution in [0.25, 0.3) is 0 Å². The first-order valence-corrected chi connectivity index (χ1v) is 10.5. The molecule has 0 atom stereocenters. The lowest BCUT2D eigenvalue weighted by Gasteiger charge is -2.30. The zero-order valence-electron chi connectivity index (χ0n) is 15.6. The molecule has 148 valence electrons. The Morgan fingerprint density at radius 3 is 2.43 bits per heavy atom. The van der Waals surface area contributed by atoms with Gasteiger partial charge in [0.2, 0.25) is 15.9 Å². The minimum absolute atomic E-state index is 0.0788. The third kappa shape index (κ3) is 4.58. The molecule has 1 heterocycles. The fourth-order valence-electron chi connectivity index (χ4n) is 3.07. The third-order valence-corrected chi connectivity index (χ3v) is 6.71. The van der Waals surface area contributed by atoms with Gasteiger partial charge in [0.25, 0.3) is 0 Å². The molecule has 1 saturated heterocycles. The zero-order chi connectivity index (χ0) is 20.1. The van der Waals surface area contributed by atoms with Gasteiger partial charge in [-0.3, -0.25) is 4.79 Å². The number of amides is 1. The highest BCUT2D eigenvalue weighted by Crippen LogP contribution is 2.24. The van der Waals surface area contributed by atoms with Crippen LogP contribution in [0.3, 0.4) is 0 Å². The second-order valence-electron chi connectivity index (χ2n) is 6.78. The fraction of sp³-hybridized carbons (Fsp3) is 0.300. The van der Waals surface area contributed by atoms with Crippen molar-refractivity contribution in [1.29, 1.82) is 0 Å². The van der Waals surface area contributed by atoms with Gasteiger partial charge in [0, 0.05) is 24.6 Å². The molecule has 1 aliphatic heterocycles. The maximum Gasteiger partial charge on any atom is 0.243 e. The number of benzene rings is 2. The number of aromatic hydroxyl groups is 1. The summed E-state index contributed by atoms with van der Waals surface area (Å²) < 4.78 is 26.9. The van der Waals surface area contributed by atoms with Crippen molar-refractivity contribution < 1.29 is 18.3 Å². The lowest BCUT2D eigenvalue weighted by molar-refractivity contribution is -0.126. The Hall–Kier alpha value is -2.71. The van der Waals surface area contributed by atoms with E-state index in [-0.39, 0.29) is 35.6 Å². The van der Waals surface area contributed by atoms with E-state index in [2.05, 4.69) is 10.5 Å². The fourth-order valence-corrected chi connectivity index (χ4v) is 4.54. The van der Waals surface area contributed by atoms with E-state index in [0.29, 0.717) is 18.4 Å². The van der Waals surface area contributed by atoms with Gasteiger partial charge in [-0.15, -0.1) is 0 Å². The molecule has 0 aliphatic carbocycles. The summed E-state index contributed by atoms with van der Waals surface area (Å²) in [4.78, 5) is 12.6. The Morgan fingerprint density at radius 2 is 1.79 bits per heavy atom. The predicted molar refractivity (Wildman–Crippen MR) is 107 cm³/mol. The van der Waals surface area contributed by atoms with E-state index in [1.807, 2.05) is 6.92 Å². The van der Waals surface area contributed by atoms with Crippen molar-refractivity contribution in [2.45, 2.75) is 24.7 Å². The first-order valence-electron chi connectivity index (χ1n) is 9.05. The number of hydrogen-bond donors (Lipinski definition) is 2. The van der Waals surface area contributed by atoms with Crippen molar-refractivity contribution in [1.82, 2.24) is 9.73 Å². The van der Waals surface area contributed by atoms with E-state index < -0.39 is 10.0 Å². The molecule has 2 N–H and O–H groups in total. The molecule has 0 saturated carbocycles. The monoisotopic (exact) mass is 401 g/mol. The van der Waals surface area contributed by atoms with Crippen molar-refractivity contribution in [3.8, 4) is 5.75 Å². The minimum atomic E-state index is -3.54. The second-order valence-corrected chi connectivity index (χ2v) is 8.72. The quantitative estimate of drug-likeness (QED) is 0.593. The highest BCUT2D eigenvalue weighted by molar-refractivity contribution is 7.89. The van der Waals surface area contributed by atoms with Gasteiger partial charge in [-0.2, -0.15) is 9.41 Å². The Morgan fingerprint density at radius 1 is 1.14 bits per heavy atom. The van der Waals surface area contributed by atoms with Crippen LogP contribution >= 0.6 is 0 Å². The molecule has 1 aliphatic rings. The van der Waals surface area contributed by atoms with Crippen molar-refractivity contribution in [3.63, 3.8) is 0 Å². The molecule has 1 fully saturated rings. The summed E-state index contributed by atoms with van der Waals surface area (Å²) in [7, 11) is -3.54.